The summed E-state index contributed by atoms with van der Waals surface area (Å²) in [5.41, 5.74) is 0.0228. The average molecular weight is 228 g/mol. The molecule has 1 unspecified atom stereocenters. The van der Waals surface area contributed by atoms with Crippen molar-refractivity contribution >= 4 is 5.91 Å². The van der Waals surface area contributed by atoms with Gasteiger partial charge in [0, 0.05) is 18.7 Å². The van der Waals surface area contributed by atoms with Crippen molar-refractivity contribution in [1.82, 2.24) is 10.2 Å². The Labute approximate surface area is 98.0 Å². The number of carbonyl (C=O) groups is 1. The first kappa shape index (κ1) is 13.5. The molecular weight excluding hydrogens is 204 g/mol. The molecule has 16 heavy (non-hydrogen) atoms. The van der Waals surface area contributed by atoms with E-state index in [9.17, 15) is 4.79 Å². The van der Waals surface area contributed by atoms with E-state index >= 15 is 0 Å². The highest BCUT2D eigenvalue weighted by atomic mass is 16.3. The molecule has 0 aliphatic carbocycles. The van der Waals surface area contributed by atoms with Crippen molar-refractivity contribution in [2.45, 2.75) is 51.6 Å². The lowest BCUT2D eigenvalue weighted by Crippen LogP contribution is -2.53. The second-order valence-electron chi connectivity index (χ2n) is 5.07. The first-order valence-corrected chi connectivity index (χ1v) is 6.18. The quantitative estimate of drug-likeness (QED) is 0.746. The third kappa shape index (κ3) is 2.95. The van der Waals surface area contributed by atoms with E-state index in [1.807, 2.05) is 0 Å². The number of carbonyl (C=O) groups excluding carboxylic acids is 1. The Morgan fingerprint density at radius 2 is 2.25 bits per heavy atom. The number of rotatable bonds is 4. The second-order valence-corrected chi connectivity index (χ2v) is 5.07. The molecule has 0 spiro atoms. The minimum absolute atomic E-state index is 0.0228. The van der Waals surface area contributed by atoms with E-state index in [0.29, 0.717) is 6.42 Å². The number of aliphatic hydroxyl groups is 1. The van der Waals surface area contributed by atoms with Gasteiger partial charge in [0.25, 0.3) is 0 Å². The lowest BCUT2D eigenvalue weighted by atomic mass is 9.95. The van der Waals surface area contributed by atoms with Gasteiger partial charge in [0.2, 0.25) is 5.91 Å². The van der Waals surface area contributed by atoms with E-state index in [0.717, 1.165) is 25.9 Å². The van der Waals surface area contributed by atoms with Crippen LogP contribution in [0.25, 0.3) is 0 Å². The Kier molecular flexibility index (Phi) is 4.74. The van der Waals surface area contributed by atoms with Crippen molar-refractivity contribution in [3.63, 3.8) is 0 Å². The standard InChI is InChI=1S/C12H24N2O2/c1-4-8-14-10(5-9-15)11(16)13-7-6-12(14,2)3/h10,15H,4-9H2,1-3H3,(H,13,16). The molecule has 1 aliphatic rings. The first-order chi connectivity index (χ1) is 7.53. The van der Waals surface area contributed by atoms with Crippen LogP contribution in [0.1, 0.15) is 40.0 Å². The summed E-state index contributed by atoms with van der Waals surface area (Å²) in [4.78, 5) is 14.2. The fraction of sp³-hybridized carbons (Fsp3) is 0.917. The maximum absolute atomic E-state index is 11.9. The molecule has 0 bridgehead atoms. The van der Waals surface area contributed by atoms with Gasteiger partial charge in [-0.2, -0.15) is 0 Å². The summed E-state index contributed by atoms with van der Waals surface area (Å²) in [6, 6.07) is -0.178. The molecule has 4 heteroatoms. The van der Waals surface area contributed by atoms with E-state index in [-0.39, 0.29) is 24.1 Å². The molecule has 0 saturated carbocycles. The number of aliphatic hydroxyl groups excluding tert-OH is 1. The van der Waals surface area contributed by atoms with Crippen LogP contribution >= 0.6 is 0 Å². The van der Waals surface area contributed by atoms with Crippen LogP contribution < -0.4 is 5.32 Å². The monoisotopic (exact) mass is 228 g/mol. The van der Waals surface area contributed by atoms with Gasteiger partial charge in [-0.05, 0) is 39.7 Å². The van der Waals surface area contributed by atoms with Crippen molar-refractivity contribution in [3.05, 3.63) is 0 Å². The molecule has 1 fully saturated rings. The summed E-state index contributed by atoms with van der Waals surface area (Å²) in [5.74, 6) is 0.0630. The molecule has 0 aromatic heterocycles. The number of hydrogen-bond acceptors (Lipinski definition) is 3. The number of nitrogens with one attached hydrogen (secondary N) is 1. The van der Waals surface area contributed by atoms with Crippen LogP contribution in [0.15, 0.2) is 0 Å². The van der Waals surface area contributed by atoms with Gasteiger partial charge in [0.1, 0.15) is 0 Å². The van der Waals surface area contributed by atoms with E-state index in [2.05, 4.69) is 31.0 Å². The highest BCUT2D eigenvalue weighted by Crippen LogP contribution is 2.25. The van der Waals surface area contributed by atoms with Crippen molar-refractivity contribution < 1.29 is 9.90 Å². The molecule has 0 aromatic carbocycles. The van der Waals surface area contributed by atoms with Crippen LogP contribution in [0.3, 0.4) is 0 Å². The SMILES string of the molecule is CCCN1C(CCO)C(=O)NCCC1(C)C. The van der Waals surface area contributed by atoms with Gasteiger partial charge < -0.3 is 10.4 Å². The van der Waals surface area contributed by atoms with Gasteiger partial charge >= 0.3 is 0 Å². The molecule has 1 atom stereocenters. The van der Waals surface area contributed by atoms with Crippen molar-refractivity contribution in [1.29, 1.82) is 0 Å². The molecule has 1 aliphatic heterocycles. The van der Waals surface area contributed by atoms with Crippen LogP contribution in [-0.4, -0.2) is 47.2 Å². The lowest BCUT2D eigenvalue weighted by molar-refractivity contribution is -0.127. The smallest absolute Gasteiger partial charge is 0.237 e. The topological polar surface area (TPSA) is 52.6 Å². The van der Waals surface area contributed by atoms with E-state index < -0.39 is 0 Å². The van der Waals surface area contributed by atoms with Crippen molar-refractivity contribution in [2.24, 2.45) is 0 Å². The van der Waals surface area contributed by atoms with Crippen LogP contribution in [0.4, 0.5) is 0 Å². The largest absolute Gasteiger partial charge is 0.396 e. The van der Waals surface area contributed by atoms with Gasteiger partial charge in [-0.1, -0.05) is 6.92 Å². The van der Waals surface area contributed by atoms with Crippen LogP contribution in [0, 0.1) is 0 Å². The first-order valence-electron chi connectivity index (χ1n) is 6.18. The number of amides is 1. The minimum atomic E-state index is -0.178. The third-order valence-electron chi connectivity index (χ3n) is 3.36. The Hall–Kier alpha value is -0.610. The summed E-state index contributed by atoms with van der Waals surface area (Å²) in [7, 11) is 0. The Morgan fingerprint density at radius 1 is 1.56 bits per heavy atom. The molecular formula is C12H24N2O2. The predicted octanol–water partition coefficient (Wildman–Crippen LogP) is 0.748. The molecule has 4 nitrogen and oxygen atoms in total. The van der Waals surface area contributed by atoms with Gasteiger partial charge in [-0.3, -0.25) is 9.69 Å². The fourth-order valence-electron chi connectivity index (χ4n) is 2.43. The van der Waals surface area contributed by atoms with E-state index in [4.69, 9.17) is 5.11 Å². The fourth-order valence-corrected chi connectivity index (χ4v) is 2.43. The molecule has 0 aromatic rings. The minimum Gasteiger partial charge on any atom is -0.396 e. The van der Waals surface area contributed by atoms with E-state index in [1.165, 1.54) is 0 Å². The molecule has 1 rings (SSSR count). The molecule has 94 valence electrons. The number of nitrogens with zero attached hydrogens (tertiary/aromatic N) is 1. The second kappa shape index (κ2) is 5.64. The zero-order valence-corrected chi connectivity index (χ0v) is 10.6. The summed E-state index contributed by atoms with van der Waals surface area (Å²) < 4.78 is 0. The average Bonchev–Trinajstić information content (AvgIpc) is 2.30. The van der Waals surface area contributed by atoms with E-state index in [1.54, 1.807) is 0 Å². The summed E-state index contributed by atoms with van der Waals surface area (Å²) in [5, 5.41) is 12.0. The summed E-state index contributed by atoms with van der Waals surface area (Å²) in [6.07, 6.45) is 2.51. The Morgan fingerprint density at radius 3 is 2.81 bits per heavy atom. The lowest BCUT2D eigenvalue weighted by Gasteiger charge is -2.40. The van der Waals surface area contributed by atoms with Gasteiger partial charge in [0.05, 0.1) is 6.04 Å². The van der Waals surface area contributed by atoms with Gasteiger partial charge in [-0.15, -0.1) is 0 Å². The van der Waals surface area contributed by atoms with Gasteiger partial charge in [0.15, 0.2) is 0 Å². The summed E-state index contributed by atoms with van der Waals surface area (Å²) in [6.45, 7) is 8.17. The van der Waals surface area contributed by atoms with Gasteiger partial charge in [-0.25, -0.2) is 0 Å². The highest BCUT2D eigenvalue weighted by Gasteiger charge is 2.37. The zero-order valence-electron chi connectivity index (χ0n) is 10.6. The maximum atomic E-state index is 11.9. The zero-order chi connectivity index (χ0) is 12.2. The van der Waals surface area contributed by atoms with Crippen molar-refractivity contribution in [3.8, 4) is 0 Å². The van der Waals surface area contributed by atoms with Crippen LogP contribution in [-0.2, 0) is 4.79 Å². The molecule has 1 amide bonds. The molecule has 1 saturated heterocycles. The molecule has 0 radical (unpaired) electrons. The Balaban J connectivity index is 2.89. The summed E-state index contributed by atoms with van der Waals surface area (Å²) >= 11 is 0. The maximum Gasteiger partial charge on any atom is 0.237 e. The number of hydrogen-bond donors (Lipinski definition) is 2. The molecule has 1 heterocycles. The third-order valence-corrected chi connectivity index (χ3v) is 3.36. The Bertz CT molecular complexity index is 241. The predicted molar refractivity (Wildman–Crippen MR) is 64.2 cm³/mol. The van der Waals surface area contributed by atoms with Crippen molar-refractivity contribution in [2.75, 3.05) is 19.7 Å². The molecule has 2 N–H and O–H groups in total. The van der Waals surface area contributed by atoms with Crippen LogP contribution in [0.2, 0.25) is 0 Å². The highest BCUT2D eigenvalue weighted by molar-refractivity contribution is 5.82. The van der Waals surface area contributed by atoms with Crippen LogP contribution in [0.5, 0.6) is 0 Å². The normalized spacial score (nSPS) is 26.2.